The van der Waals surface area contributed by atoms with Gasteiger partial charge in [-0.3, -0.25) is 4.79 Å². The fourth-order valence-electron chi connectivity index (χ4n) is 3.41. The van der Waals surface area contributed by atoms with Crippen molar-refractivity contribution in [3.8, 4) is 5.75 Å². The number of hydroxylamine groups is 2. The van der Waals surface area contributed by atoms with Crippen molar-refractivity contribution in [3.05, 3.63) is 29.3 Å². The highest BCUT2D eigenvalue weighted by molar-refractivity contribution is 5.73. The average Bonchev–Trinajstić information content (AvgIpc) is 3.03. The summed E-state index contributed by atoms with van der Waals surface area (Å²) in [7, 11) is 1.31. The van der Waals surface area contributed by atoms with E-state index in [-0.39, 0.29) is 23.6 Å². The van der Waals surface area contributed by atoms with Gasteiger partial charge < -0.3 is 9.57 Å². The number of halogens is 3. The monoisotopic (exact) mass is 343 g/mol. The molecule has 0 atom stereocenters. The first-order valence-corrected chi connectivity index (χ1v) is 8.10. The summed E-state index contributed by atoms with van der Waals surface area (Å²) in [5.74, 6) is -0.493. The van der Waals surface area contributed by atoms with Gasteiger partial charge in [0.25, 0.3) is 0 Å². The van der Waals surface area contributed by atoms with Crippen LogP contribution in [0.1, 0.15) is 42.7 Å². The predicted octanol–water partition coefficient (Wildman–Crippen LogP) is 3.76. The summed E-state index contributed by atoms with van der Waals surface area (Å²) in [4.78, 5) is 16.8. The molecule has 1 saturated carbocycles. The SMILES string of the molecule is COC(=O)C1CN(Oc2ccc(C3CCCC3)c(C(F)(F)F)c2)C1. The third-order valence-corrected chi connectivity index (χ3v) is 4.74. The van der Waals surface area contributed by atoms with E-state index >= 15 is 0 Å². The van der Waals surface area contributed by atoms with Gasteiger partial charge in [0.05, 0.1) is 18.6 Å². The number of ether oxygens (including phenoxy) is 1. The minimum absolute atomic E-state index is 0.0246. The summed E-state index contributed by atoms with van der Waals surface area (Å²) in [5, 5.41) is 1.46. The summed E-state index contributed by atoms with van der Waals surface area (Å²) < 4.78 is 44.8. The molecule has 0 bridgehead atoms. The first-order valence-electron chi connectivity index (χ1n) is 8.10. The van der Waals surface area contributed by atoms with Gasteiger partial charge in [0.15, 0.2) is 0 Å². The maximum atomic E-state index is 13.4. The first-order chi connectivity index (χ1) is 11.4. The van der Waals surface area contributed by atoms with E-state index in [1.54, 1.807) is 6.07 Å². The third kappa shape index (κ3) is 3.50. The zero-order valence-electron chi connectivity index (χ0n) is 13.4. The zero-order valence-corrected chi connectivity index (χ0v) is 13.4. The number of alkyl halides is 3. The molecule has 0 radical (unpaired) electrons. The molecule has 0 aromatic heterocycles. The summed E-state index contributed by atoms with van der Waals surface area (Å²) in [6, 6.07) is 4.18. The van der Waals surface area contributed by atoms with Crippen molar-refractivity contribution >= 4 is 5.97 Å². The van der Waals surface area contributed by atoms with Crippen LogP contribution < -0.4 is 4.84 Å². The molecule has 3 rings (SSSR count). The van der Waals surface area contributed by atoms with Crippen molar-refractivity contribution in [1.29, 1.82) is 0 Å². The maximum absolute atomic E-state index is 13.4. The van der Waals surface area contributed by atoms with Crippen LogP contribution in [0.25, 0.3) is 0 Å². The van der Waals surface area contributed by atoms with Crippen molar-refractivity contribution in [3.63, 3.8) is 0 Å². The Balaban J connectivity index is 1.72. The number of carbonyl (C=O) groups excluding carboxylic acids is 1. The van der Waals surface area contributed by atoms with Gasteiger partial charge >= 0.3 is 12.1 Å². The van der Waals surface area contributed by atoms with Crippen LogP contribution in [0.15, 0.2) is 18.2 Å². The first kappa shape index (κ1) is 17.1. The number of nitrogens with zero attached hydrogens (tertiary/aromatic N) is 1. The molecule has 0 amide bonds. The largest absolute Gasteiger partial charge is 0.469 e. The van der Waals surface area contributed by atoms with E-state index in [9.17, 15) is 18.0 Å². The van der Waals surface area contributed by atoms with Crippen LogP contribution in [0, 0.1) is 5.92 Å². The van der Waals surface area contributed by atoms with Gasteiger partial charge in [-0.2, -0.15) is 13.2 Å². The van der Waals surface area contributed by atoms with Crippen molar-refractivity contribution < 1.29 is 27.5 Å². The van der Waals surface area contributed by atoms with E-state index in [0.717, 1.165) is 31.7 Å². The number of benzene rings is 1. The van der Waals surface area contributed by atoms with E-state index in [0.29, 0.717) is 18.7 Å². The maximum Gasteiger partial charge on any atom is 0.416 e. The van der Waals surface area contributed by atoms with Gasteiger partial charge in [-0.25, -0.2) is 0 Å². The number of hydrogen-bond donors (Lipinski definition) is 0. The van der Waals surface area contributed by atoms with Gasteiger partial charge in [0, 0.05) is 13.1 Å². The molecule has 1 aromatic carbocycles. The lowest BCUT2D eigenvalue weighted by atomic mass is 9.92. The van der Waals surface area contributed by atoms with E-state index in [2.05, 4.69) is 4.74 Å². The molecular formula is C17H20F3NO3. The molecule has 0 unspecified atom stereocenters. The molecule has 0 N–H and O–H groups in total. The molecule has 4 nitrogen and oxygen atoms in total. The lowest BCUT2D eigenvalue weighted by molar-refractivity contribution is -0.176. The van der Waals surface area contributed by atoms with Crippen LogP contribution in [0.2, 0.25) is 0 Å². The molecule has 1 aliphatic carbocycles. The molecule has 132 valence electrons. The second-order valence-electron chi connectivity index (χ2n) is 6.39. The van der Waals surface area contributed by atoms with Crippen molar-refractivity contribution in [2.24, 2.45) is 5.92 Å². The second kappa shape index (κ2) is 6.63. The minimum Gasteiger partial charge on any atom is -0.469 e. The fourth-order valence-corrected chi connectivity index (χ4v) is 3.41. The Morgan fingerprint density at radius 3 is 2.46 bits per heavy atom. The molecule has 2 fully saturated rings. The Bertz CT molecular complexity index is 606. The molecular weight excluding hydrogens is 323 g/mol. The van der Waals surface area contributed by atoms with Gasteiger partial charge in [0.1, 0.15) is 5.75 Å². The van der Waals surface area contributed by atoms with Crippen molar-refractivity contribution in [1.82, 2.24) is 5.06 Å². The fraction of sp³-hybridized carbons (Fsp3) is 0.588. The molecule has 1 heterocycles. The predicted molar refractivity (Wildman–Crippen MR) is 80.4 cm³/mol. The van der Waals surface area contributed by atoms with E-state index < -0.39 is 11.7 Å². The minimum atomic E-state index is -4.40. The van der Waals surface area contributed by atoms with Gasteiger partial charge in [-0.1, -0.05) is 18.9 Å². The number of rotatable bonds is 4. The third-order valence-electron chi connectivity index (χ3n) is 4.74. The van der Waals surface area contributed by atoms with Crippen LogP contribution >= 0.6 is 0 Å². The molecule has 7 heteroatoms. The van der Waals surface area contributed by atoms with E-state index in [1.807, 2.05) is 0 Å². The normalized spacial score (nSPS) is 20.0. The number of hydrogen-bond acceptors (Lipinski definition) is 4. The number of esters is 1. The summed E-state index contributed by atoms with van der Waals surface area (Å²) >= 11 is 0. The molecule has 24 heavy (non-hydrogen) atoms. The molecule has 2 aliphatic rings. The van der Waals surface area contributed by atoms with Crippen LogP contribution in [-0.4, -0.2) is 31.2 Å². The molecule has 0 spiro atoms. The lowest BCUT2D eigenvalue weighted by Crippen LogP contribution is -2.52. The highest BCUT2D eigenvalue weighted by Crippen LogP contribution is 2.43. The molecule has 1 aromatic rings. The number of methoxy groups -OCH3 is 1. The molecule has 1 aliphatic heterocycles. The zero-order chi connectivity index (χ0) is 17.3. The second-order valence-corrected chi connectivity index (χ2v) is 6.39. The van der Waals surface area contributed by atoms with Crippen molar-refractivity contribution in [2.45, 2.75) is 37.8 Å². The van der Waals surface area contributed by atoms with E-state index in [1.165, 1.54) is 18.2 Å². The van der Waals surface area contributed by atoms with Crippen molar-refractivity contribution in [2.75, 3.05) is 20.2 Å². The Labute approximate surface area is 138 Å². The Hall–Kier alpha value is -1.76. The quantitative estimate of drug-likeness (QED) is 0.781. The van der Waals surface area contributed by atoms with Gasteiger partial charge in [-0.05, 0) is 36.5 Å². The highest BCUT2D eigenvalue weighted by atomic mass is 19.4. The Morgan fingerprint density at radius 1 is 1.21 bits per heavy atom. The number of carbonyl (C=O) groups is 1. The average molecular weight is 343 g/mol. The summed E-state index contributed by atoms with van der Waals surface area (Å²) in [5.41, 5.74) is -0.250. The van der Waals surface area contributed by atoms with Gasteiger partial charge in [-0.15, -0.1) is 5.06 Å². The van der Waals surface area contributed by atoms with Crippen LogP contribution in [0.4, 0.5) is 13.2 Å². The Kier molecular flexibility index (Phi) is 4.71. The van der Waals surface area contributed by atoms with Crippen LogP contribution in [0.5, 0.6) is 5.75 Å². The lowest BCUT2D eigenvalue weighted by Gasteiger charge is -2.36. The van der Waals surface area contributed by atoms with E-state index in [4.69, 9.17) is 4.84 Å². The standard InChI is InChI=1S/C17H20F3NO3/c1-23-16(22)12-9-21(10-12)24-13-6-7-14(11-4-2-3-5-11)15(8-13)17(18,19)20/h6-8,11-12H,2-5,9-10H2,1H3. The molecule has 1 saturated heterocycles. The van der Waals surface area contributed by atoms with Crippen LogP contribution in [-0.2, 0) is 15.7 Å². The summed E-state index contributed by atoms with van der Waals surface area (Å²) in [6.07, 6.45) is -0.848. The van der Waals surface area contributed by atoms with Crippen LogP contribution in [0.3, 0.4) is 0 Å². The Morgan fingerprint density at radius 2 is 1.88 bits per heavy atom. The van der Waals surface area contributed by atoms with Gasteiger partial charge in [0.2, 0.25) is 0 Å². The summed E-state index contributed by atoms with van der Waals surface area (Å²) in [6.45, 7) is 0.636. The highest BCUT2D eigenvalue weighted by Gasteiger charge is 2.38. The topological polar surface area (TPSA) is 38.8 Å². The smallest absolute Gasteiger partial charge is 0.416 e.